The van der Waals surface area contributed by atoms with Crippen LogP contribution in [0.25, 0.3) is 10.9 Å². The van der Waals surface area contributed by atoms with Crippen LogP contribution in [0.2, 0.25) is 0 Å². The van der Waals surface area contributed by atoms with Crippen molar-refractivity contribution >= 4 is 10.9 Å². The molecule has 2 rings (SSSR count). The van der Waals surface area contributed by atoms with E-state index in [1.807, 2.05) is 18.2 Å². The second kappa shape index (κ2) is 3.95. The van der Waals surface area contributed by atoms with Crippen molar-refractivity contribution in [2.75, 3.05) is 0 Å². The lowest BCUT2D eigenvalue weighted by Crippen LogP contribution is -1.99. The molecule has 1 aromatic heterocycles. The zero-order valence-electron chi connectivity index (χ0n) is 8.94. The maximum atomic E-state index is 9.29. The Kier molecular flexibility index (Phi) is 2.64. The summed E-state index contributed by atoms with van der Waals surface area (Å²) < 4.78 is 0. The highest BCUT2D eigenvalue weighted by Gasteiger charge is 2.10. The van der Waals surface area contributed by atoms with Crippen LogP contribution in [-0.2, 0) is 6.61 Å². The molecule has 0 radical (unpaired) electrons. The Morgan fingerprint density at radius 1 is 1.27 bits per heavy atom. The van der Waals surface area contributed by atoms with Gasteiger partial charge in [0.1, 0.15) is 6.33 Å². The molecule has 3 nitrogen and oxygen atoms in total. The Morgan fingerprint density at radius 3 is 2.73 bits per heavy atom. The lowest BCUT2D eigenvalue weighted by Gasteiger charge is -2.10. The van der Waals surface area contributed by atoms with Crippen LogP contribution in [0.15, 0.2) is 24.5 Å². The molecule has 0 spiro atoms. The molecule has 2 aromatic rings. The molecule has 1 heterocycles. The van der Waals surface area contributed by atoms with E-state index in [9.17, 15) is 5.11 Å². The first-order chi connectivity index (χ1) is 7.24. The fourth-order valence-electron chi connectivity index (χ4n) is 1.78. The van der Waals surface area contributed by atoms with Crippen LogP contribution in [0.1, 0.15) is 31.0 Å². The minimum atomic E-state index is 0.0322. The van der Waals surface area contributed by atoms with Crippen LogP contribution in [0.5, 0.6) is 0 Å². The summed E-state index contributed by atoms with van der Waals surface area (Å²) >= 11 is 0. The van der Waals surface area contributed by atoms with Crippen molar-refractivity contribution in [1.29, 1.82) is 0 Å². The number of benzene rings is 1. The average Bonchev–Trinajstić information content (AvgIpc) is 2.27. The third kappa shape index (κ3) is 1.70. The maximum Gasteiger partial charge on any atom is 0.116 e. The van der Waals surface area contributed by atoms with Gasteiger partial charge in [0.15, 0.2) is 0 Å². The quantitative estimate of drug-likeness (QED) is 0.812. The Bertz CT molecular complexity index is 475. The minimum absolute atomic E-state index is 0.0322. The van der Waals surface area contributed by atoms with Crippen molar-refractivity contribution < 1.29 is 5.11 Å². The lowest BCUT2D eigenvalue weighted by molar-refractivity contribution is 0.283. The van der Waals surface area contributed by atoms with Crippen molar-refractivity contribution in [3.63, 3.8) is 0 Å². The third-order valence-electron chi connectivity index (χ3n) is 2.50. The largest absolute Gasteiger partial charge is 0.392 e. The van der Waals surface area contributed by atoms with Crippen LogP contribution in [0, 0.1) is 0 Å². The van der Waals surface area contributed by atoms with Gasteiger partial charge >= 0.3 is 0 Å². The zero-order valence-corrected chi connectivity index (χ0v) is 8.94. The molecule has 0 saturated carbocycles. The molecule has 1 aromatic carbocycles. The second-order valence-corrected chi connectivity index (χ2v) is 3.88. The lowest BCUT2D eigenvalue weighted by atomic mass is 10.0. The van der Waals surface area contributed by atoms with Crippen molar-refractivity contribution in [2.45, 2.75) is 26.4 Å². The third-order valence-corrected chi connectivity index (χ3v) is 2.50. The summed E-state index contributed by atoms with van der Waals surface area (Å²) in [6.45, 7) is 4.22. The highest BCUT2D eigenvalue weighted by atomic mass is 16.3. The molecule has 0 saturated heterocycles. The van der Waals surface area contributed by atoms with E-state index in [1.54, 1.807) is 6.33 Å². The van der Waals surface area contributed by atoms with Crippen molar-refractivity contribution in [3.05, 3.63) is 35.8 Å². The fraction of sp³-hybridized carbons (Fsp3) is 0.333. The van der Waals surface area contributed by atoms with Crippen molar-refractivity contribution in [3.8, 4) is 0 Å². The number of nitrogens with zero attached hydrogens (tertiary/aromatic N) is 2. The van der Waals surface area contributed by atoms with Gasteiger partial charge in [-0.25, -0.2) is 9.97 Å². The molecule has 0 aliphatic rings. The van der Waals surface area contributed by atoms with Crippen molar-refractivity contribution in [1.82, 2.24) is 9.97 Å². The molecule has 0 atom stereocenters. The van der Waals surface area contributed by atoms with E-state index >= 15 is 0 Å². The van der Waals surface area contributed by atoms with Gasteiger partial charge in [-0.15, -0.1) is 0 Å². The van der Waals surface area contributed by atoms with E-state index < -0.39 is 0 Å². The first-order valence-electron chi connectivity index (χ1n) is 5.07. The molecule has 15 heavy (non-hydrogen) atoms. The van der Waals surface area contributed by atoms with Gasteiger partial charge in [0.05, 0.1) is 17.8 Å². The molecular weight excluding hydrogens is 188 g/mol. The highest BCUT2D eigenvalue weighted by Crippen LogP contribution is 2.24. The standard InChI is InChI=1S/C12H14N2O/c1-8(2)12-11-9(6-15)4-3-5-10(11)13-7-14-12/h3-5,7-8,15H,6H2,1-2H3. The summed E-state index contributed by atoms with van der Waals surface area (Å²) in [7, 11) is 0. The van der Waals surface area contributed by atoms with E-state index in [4.69, 9.17) is 0 Å². The van der Waals surface area contributed by atoms with Crippen molar-refractivity contribution in [2.24, 2.45) is 0 Å². The molecule has 0 unspecified atom stereocenters. The predicted molar refractivity (Wildman–Crippen MR) is 59.5 cm³/mol. The van der Waals surface area contributed by atoms with Gasteiger partial charge in [-0.1, -0.05) is 26.0 Å². The molecule has 3 heteroatoms. The van der Waals surface area contributed by atoms with Gasteiger partial charge < -0.3 is 5.11 Å². The van der Waals surface area contributed by atoms with E-state index in [0.29, 0.717) is 5.92 Å². The maximum absolute atomic E-state index is 9.29. The topological polar surface area (TPSA) is 46.0 Å². The van der Waals surface area contributed by atoms with Crippen LogP contribution < -0.4 is 0 Å². The smallest absolute Gasteiger partial charge is 0.116 e. The molecule has 1 N–H and O–H groups in total. The van der Waals surface area contributed by atoms with Gasteiger partial charge in [0.25, 0.3) is 0 Å². The van der Waals surface area contributed by atoms with Crippen LogP contribution in [0.3, 0.4) is 0 Å². The molecule has 78 valence electrons. The number of aromatic nitrogens is 2. The summed E-state index contributed by atoms with van der Waals surface area (Å²) in [6, 6.07) is 5.77. The second-order valence-electron chi connectivity index (χ2n) is 3.88. The van der Waals surface area contributed by atoms with E-state index in [0.717, 1.165) is 22.2 Å². The predicted octanol–water partition coefficient (Wildman–Crippen LogP) is 2.25. The summed E-state index contributed by atoms with van der Waals surface area (Å²) in [4.78, 5) is 8.50. The molecule has 0 bridgehead atoms. The molecule has 0 aliphatic carbocycles. The Hall–Kier alpha value is -1.48. The number of hydrogen-bond donors (Lipinski definition) is 1. The van der Waals surface area contributed by atoms with Gasteiger partial charge in [-0.2, -0.15) is 0 Å². The summed E-state index contributed by atoms with van der Waals surface area (Å²) in [5.74, 6) is 0.336. The summed E-state index contributed by atoms with van der Waals surface area (Å²) in [5, 5.41) is 10.3. The van der Waals surface area contributed by atoms with E-state index in [-0.39, 0.29) is 6.61 Å². The first-order valence-corrected chi connectivity index (χ1v) is 5.07. The minimum Gasteiger partial charge on any atom is -0.392 e. The Balaban J connectivity index is 2.81. The number of fused-ring (bicyclic) bond motifs is 1. The number of aliphatic hydroxyl groups is 1. The van der Waals surface area contributed by atoms with Gasteiger partial charge in [0.2, 0.25) is 0 Å². The molecule has 0 aliphatic heterocycles. The Morgan fingerprint density at radius 2 is 2.07 bits per heavy atom. The fourth-order valence-corrected chi connectivity index (χ4v) is 1.78. The monoisotopic (exact) mass is 202 g/mol. The van der Waals surface area contributed by atoms with Gasteiger partial charge in [-0.05, 0) is 17.5 Å². The van der Waals surface area contributed by atoms with E-state index in [1.165, 1.54) is 0 Å². The number of rotatable bonds is 2. The van der Waals surface area contributed by atoms with Crippen LogP contribution in [0.4, 0.5) is 0 Å². The first kappa shape index (κ1) is 10.1. The molecule has 0 amide bonds. The van der Waals surface area contributed by atoms with E-state index in [2.05, 4.69) is 23.8 Å². The van der Waals surface area contributed by atoms with Gasteiger partial charge in [0, 0.05) is 5.39 Å². The van der Waals surface area contributed by atoms with Gasteiger partial charge in [-0.3, -0.25) is 0 Å². The molecular formula is C12H14N2O. The zero-order chi connectivity index (χ0) is 10.8. The van der Waals surface area contributed by atoms with Crippen LogP contribution in [-0.4, -0.2) is 15.1 Å². The molecule has 0 fully saturated rings. The summed E-state index contributed by atoms with van der Waals surface area (Å²) in [5.41, 5.74) is 2.81. The SMILES string of the molecule is CC(C)c1ncnc2cccc(CO)c12. The average molecular weight is 202 g/mol. The Labute approximate surface area is 88.8 Å². The highest BCUT2D eigenvalue weighted by molar-refractivity contribution is 5.84. The van der Waals surface area contributed by atoms with Crippen LogP contribution >= 0.6 is 0 Å². The number of hydrogen-bond acceptors (Lipinski definition) is 3. The normalized spacial score (nSPS) is 11.2. The number of aliphatic hydroxyl groups excluding tert-OH is 1. The summed E-state index contributed by atoms with van der Waals surface area (Å²) in [6.07, 6.45) is 1.58.